The Bertz CT molecular complexity index is 1000. The molecule has 0 unspecified atom stereocenters. The van der Waals surface area contributed by atoms with E-state index in [1.807, 2.05) is 26.1 Å². The molecule has 6 nitrogen and oxygen atoms in total. The van der Waals surface area contributed by atoms with Crippen LogP contribution in [0.1, 0.15) is 52.3 Å². The van der Waals surface area contributed by atoms with Crippen LogP contribution in [0.5, 0.6) is 0 Å². The number of nitrogens with zero attached hydrogens (tertiary/aromatic N) is 2. The summed E-state index contributed by atoms with van der Waals surface area (Å²) >= 11 is 0. The van der Waals surface area contributed by atoms with Gasteiger partial charge in [-0.15, -0.1) is 0 Å². The number of aryl methyl sites for hydroxylation is 2. The van der Waals surface area contributed by atoms with Crippen LogP contribution in [0, 0.1) is 19.8 Å². The van der Waals surface area contributed by atoms with Gasteiger partial charge in [0.2, 0.25) is 0 Å². The SMILES string of the molecule is Cc1cc(C)c(CNC(=O)c2ccnc3c2C=NC=C(C(C)C)C3)c(=O)[nH]1. The molecule has 3 heterocycles. The van der Waals surface area contributed by atoms with Gasteiger partial charge in [0.05, 0.1) is 11.3 Å². The zero-order valence-electron chi connectivity index (χ0n) is 16.1. The molecule has 1 aliphatic rings. The number of rotatable bonds is 4. The number of H-pyrrole nitrogens is 1. The Morgan fingerprint density at radius 2 is 2.11 bits per heavy atom. The molecule has 0 aliphatic carbocycles. The molecule has 27 heavy (non-hydrogen) atoms. The van der Waals surface area contributed by atoms with Gasteiger partial charge in [0, 0.05) is 48.4 Å². The van der Waals surface area contributed by atoms with Gasteiger partial charge in [0.25, 0.3) is 11.5 Å². The number of pyridine rings is 2. The van der Waals surface area contributed by atoms with Gasteiger partial charge < -0.3 is 10.3 Å². The molecule has 0 saturated heterocycles. The standard InChI is InChI=1S/C21H24N4O2/c1-12(2)15-8-19-18(10-22-9-15)16(5-6-23-19)20(26)24-11-17-13(3)7-14(4)25-21(17)27/h5-7,9-10,12H,8,11H2,1-4H3,(H,24,26)(H,25,27). The third-order valence-corrected chi connectivity index (χ3v) is 4.79. The number of hydrogen-bond acceptors (Lipinski definition) is 4. The van der Waals surface area contributed by atoms with E-state index in [-0.39, 0.29) is 18.0 Å². The molecule has 2 aromatic rings. The summed E-state index contributed by atoms with van der Waals surface area (Å²) in [5, 5.41) is 2.86. The summed E-state index contributed by atoms with van der Waals surface area (Å²) in [6.07, 6.45) is 5.86. The fourth-order valence-electron chi connectivity index (χ4n) is 3.16. The molecule has 0 atom stereocenters. The van der Waals surface area contributed by atoms with Crippen LogP contribution in [0.3, 0.4) is 0 Å². The third-order valence-electron chi connectivity index (χ3n) is 4.79. The van der Waals surface area contributed by atoms with Crippen molar-refractivity contribution in [2.75, 3.05) is 0 Å². The second-order valence-electron chi connectivity index (χ2n) is 7.16. The van der Waals surface area contributed by atoms with Crippen LogP contribution in [0.25, 0.3) is 0 Å². The predicted molar refractivity (Wildman–Crippen MR) is 106 cm³/mol. The van der Waals surface area contributed by atoms with Crippen LogP contribution in [0.15, 0.2) is 39.9 Å². The minimum absolute atomic E-state index is 0.171. The Balaban J connectivity index is 1.84. The first-order chi connectivity index (χ1) is 12.9. The highest BCUT2D eigenvalue weighted by Crippen LogP contribution is 2.22. The second-order valence-corrected chi connectivity index (χ2v) is 7.16. The molecule has 0 spiro atoms. The van der Waals surface area contributed by atoms with Gasteiger partial charge in [-0.25, -0.2) is 0 Å². The van der Waals surface area contributed by atoms with E-state index in [0.717, 1.165) is 22.5 Å². The number of aromatic nitrogens is 2. The summed E-state index contributed by atoms with van der Waals surface area (Å²) < 4.78 is 0. The van der Waals surface area contributed by atoms with Gasteiger partial charge in [0.15, 0.2) is 0 Å². The molecular weight excluding hydrogens is 340 g/mol. The molecule has 0 radical (unpaired) electrons. The molecule has 1 aliphatic heterocycles. The number of carbonyl (C=O) groups excluding carboxylic acids is 1. The normalized spacial score (nSPS) is 13.1. The maximum absolute atomic E-state index is 12.8. The van der Waals surface area contributed by atoms with Gasteiger partial charge in [0.1, 0.15) is 0 Å². The predicted octanol–water partition coefficient (Wildman–Crippen LogP) is 2.83. The van der Waals surface area contributed by atoms with Crippen molar-refractivity contribution in [3.05, 3.63) is 74.1 Å². The Morgan fingerprint density at radius 1 is 1.33 bits per heavy atom. The van der Waals surface area contributed by atoms with E-state index in [2.05, 4.69) is 34.1 Å². The van der Waals surface area contributed by atoms with Crippen molar-refractivity contribution >= 4 is 12.1 Å². The number of amides is 1. The lowest BCUT2D eigenvalue weighted by atomic mass is 9.96. The highest BCUT2D eigenvalue weighted by atomic mass is 16.1. The average molecular weight is 364 g/mol. The molecule has 0 aromatic carbocycles. The summed E-state index contributed by atoms with van der Waals surface area (Å²) in [5.74, 6) is 0.121. The van der Waals surface area contributed by atoms with Crippen LogP contribution < -0.4 is 10.9 Å². The van der Waals surface area contributed by atoms with Gasteiger partial charge in [-0.05, 0) is 43.0 Å². The van der Waals surface area contributed by atoms with E-state index >= 15 is 0 Å². The summed E-state index contributed by atoms with van der Waals surface area (Å²) in [5.41, 5.74) is 5.32. The number of nitrogens with one attached hydrogen (secondary N) is 2. The van der Waals surface area contributed by atoms with Crippen LogP contribution in [0.2, 0.25) is 0 Å². The summed E-state index contributed by atoms with van der Waals surface area (Å²) in [6, 6.07) is 3.58. The van der Waals surface area contributed by atoms with Gasteiger partial charge in [-0.1, -0.05) is 13.8 Å². The number of aromatic amines is 1. The topological polar surface area (TPSA) is 87.2 Å². The van der Waals surface area contributed by atoms with Gasteiger partial charge in [-0.3, -0.25) is 19.6 Å². The number of fused-ring (bicyclic) bond motifs is 1. The van der Waals surface area contributed by atoms with E-state index in [9.17, 15) is 9.59 Å². The first-order valence-electron chi connectivity index (χ1n) is 9.04. The highest BCUT2D eigenvalue weighted by Gasteiger charge is 2.18. The molecular formula is C21H24N4O2. The number of hydrogen-bond donors (Lipinski definition) is 2. The van der Waals surface area contributed by atoms with E-state index in [0.29, 0.717) is 23.5 Å². The zero-order chi connectivity index (χ0) is 19.6. The average Bonchev–Trinajstić information content (AvgIpc) is 2.82. The molecule has 2 aromatic heterocycles. The van der Waals surface area contributed by atoms with Crippen molar-refractivity contribution in [3.63, 3.8) is 0 Å². The van der Waals surface area contributed by atoms with E-state index < -0.39 is 0 Å². The van der Waals surface area contributed by atoms with Gasteiger partial charge >= 0.3 is 0 Å². The van der Waals surface area contributed by atoms with Crippen molar-refractivity contribution < 1.29 is 4.79 Å². The van der Waals surface area contributed by atoms with Crippen LogP contribution in [0.4, 0.5) is 0 Å². The lowest BCUT2D eigenvalue weighted by Gasteiger charge is -2.13. The van der Waals surface area contributed by atoms with Crippen molar-refractivity contribution in [2.24, 2.45) is 10.9 Å². The lowest BCUT2D eigenvalue weighted by molar-refractivity contribution is 0.0950. The minimum Gasteiger partial charge on any atom is -0.348 e. The van der Waals surface area contributed by atoms with E-state index in [1.54, 1.807) is 18.5 Å². The number of allylic oxidation sites excluding steroid dienone is 1. The van der Waals surface area contributed by atoms with Crippen molar-refractivity contribution in [2.45, 2.75) is 40.7 Å². The monoisotopic (exact) mass is 364 g/mol. The van der Waals surface area contributed by atoms with Crippen molar-refractivity contribution in [1.82, 2.24) is 15.3 Å². The van der Waals surface area contributed by atoms with Crippen LogP contribution in [-0.4, -0.2) is 22.1 Å². The third kappa shape index (κ3) is 4.05. The van der Waals surface area contributed by atoms with Crippen LogP contribution in [-0.2, 0) is 13.0 Å². The Morgan fingerprint density at radius 3 is 2.81 bits per heavy atom. The maximum Gasteiger partial charge on any atom is 0.253 e. The molecule has 6 heteroatoms. The van der Waals surface area contributed by atoms with E-state index in [4.69, 9.17) is 0 Å². The van der Waals surface area contributed by atoms with Crippen molar-refractivity contribution in [1.29, 1.82) is 0 Å². The van der Waals surface area contributed by atoms with E-state index in [1.165, 1.54) is 5.57 Å². The second kappa shape index (κ2) is 7.70. The molecule has 3 rings (SSSR count). The number of carbonyl (C=O) groups is 1. The zero-order valence-corrected chi connectivity index (χ0v) is 16.1. The first-order valence-corrected chi connectivity index (χ1v) is 9.04. The molecule has 2 N–H and O–H groups in total. The summed E-state index contributed by atoms with van der Waals surface area (Å²) in [4.78, 5) is 36.5. The summed E-state index contributed by atoms with van der Waals surface area (Å²) in [6.45, 7) is 8.11. The fourth-order valence-corrected chi connectivity index (χ4v) is 3.16. The van der Waals surface area contributed by atoms with Crippen molar-refractivity contribution in [3.8, 4) is 0 Å². The quantitative estimate of drug-likeness (QED) is 0.874. The first kappa shape index (κ1) is 18.8. The van der Waals surface area contributed by atoms with Gasteiger partial charge in [-0.2, -0.15) is 0 Å². The largest absolute Gasteiger partial charge is 0.348 e. The molecule has 0 bridgehead atoms. The number of aliphatic imine (C=N–C) groups is 1. The molecule has 0 saturated carbocycles. The lowest BCUT2D eigenvalue weighted by Crippen LogP contribution is -2.29. The maximum atomic E-state index is 12.8. The van der Waals surface area contributed by atoms with Crippen LogP contribution >= 0.6 is 0 Å². The molecule has 140 valence electrons. The Kier molecular flexibility index (Phi) is 5.35. The Labute approximate surface area is 158 Å². The fraction of sp³-hybridized carbons (Fsp3) is 0.333. The molecule has 1 amide bonds. The summed E-state index contributed by atoms with van der Waals surface area (Å²) in [7, 11) is 0. The molecule has 0 fully saturated rings. The highest BCUT2D eigenvalue weighted by molar-refractivity contribution is 6.03. The smallest absolute Gasteiger partial charge is 0.253 e. The Hall–Kier alpha value is -3.02. The minimum atomic E-state index is -0.243.